The first-order valence-corrected chi connectivity index (χ1v) is 6.73. The summed E-state index contributed by atoms with van der Waals surface area (Å²) in [6.07, 6.45) is 0. The topological polar surface area (TPSA) is 57.4 Å². The Balaban J connectivity index is 1.95. The van der Waals surface area contributed by atoms with Gasteiger partial charge in [-0.3, -0.25) is 0 Å². The Hall–Kier alpha value is -1.59. The van der Waals surface area contributed by atoms with Gasteiger partial charge in [0.25, 0.3) is 0 Å². The summed E-state index contributed by atoms with van der Waals surface area (Å²) in [6, 6.07) is 5.86. The van der Waals surface area contributed by atoms with Gasteiger partial charge >= 0.3 is 0 Å². The third-order valence-corrected chi connectivity index (χ3v) is 3.80. The van der Waals surface area contributed by atoms with E-state index in [2.05, 4.69) is 4.98 Å². The van der Waals surface area contributed by atoms with Crippen molar-refractivity contribution in [2.45, 2.75) is 13.0 Å². The molecule has 2 N–H and O–H groups in total. The molecular formula is C13H14N2O2S. The Kier molecular flexibility index (Phi) is 2.93. The Morgan fingerprint density at radius 1 is 1.28 bits per heavy atom. The number of benzene rings is 1. The van der Waals surface area contributed by atoms with E-state index in [-0.39, 0.29) is 6.04 Å². The van der Waals surface area contributed by atoms with Gasteiger partial charge in [0.05, 0.1) is 11.7 Å². The lowest BCUT2D eigenvalue weighted by Crippen LogP contribution is -2.15. The summed E-state index contributed by atoms with van der Waals surface area (Å²) in [4.78, 5) is 4.53. The fraction of sp³-hybridized carbons (Fsp3) is 0.308. The van der Waals surface area contributed by atoms with E-state index in [1.165, 1.54) is 0 Å². The molecule has 0 amide bonds. The molecule has 3 rings (SSSR count). The lowest BCUT2D eigenvalue weighted by molar-refractivity contribution is 0.171. The molecule has 1 unspecified atom stereocenters. The summed E-state index contributed by atoms with van der Waals surface area (Å²) in [5, 5.41) is 2.96. The molecule has 0 radical (unpaired) electrons. The predicted molar refractivity (Wildman–Crippen MR) is 71.1 cm³/mol. The van der Waals surface area contributed by atoms with Crippen LogP contribution in [0.2, 0.25) is 0 Å². The second kappa shape index (κ2) is 4.59. The quantitative estimate of drug-likeness (QED) is 0.903. The zero-order valence-electron chi connectivity index (χ0n) is 10.1. The summed E-state index contributed by atoms with van der Waals surface area (Å²) < 4.78 is 11.1. The first kappa shape index (κ1) is 11.5. The highest BCUT2D eigenvalue weighted by Gasteiger charge is 2.14. The van der Waals surface area contributed by atoms with Crippen LogP contribution in [0.4, 0.5) is 0 Å². The van der Waals surface area contributed by atoms with Crippen LogP contribution in [0.3, 0.4) is 0 Å². The number of aromatic nitrogens is 1. The SMILES string of the molecule is CC(N)c1nc(-c2ccc3c(c2)OCCO3)cs1. The van der Waals surface area contributed by atoms with Crippen molar-refractivity contribution in [1.29, 1.82) is 0 Å². The monoisotopic (exact) mass is 262 g/mol. The van der Waals surface area contributed by atoms with Gasteiger partial charge in [-0.2, -0.15) is 0 Å². The Morgan fingerprint density at radius 2 is 2.06 bits per heavy atom. The van der Waals surface area contributed by atoms with E-state index in [1.807, 2.05) is 30.5 Å². The van der Waals surface area contributed by atoms with E-state index in [0.717, 1.165) is 27.8 Å². The largest absolute Gasteiger partial charge is 0.486 e. The van der Waals surface area contributed by atoms with Gasteiger partial charge in [0.2, 0.25) is 0 Å². The molecule has 18 heavy (non-hydrogen) atoms. The van der Waals surface area contributed by atoms with Gasteiger partial charge in [0, 0.05) is 10.9 Å². The third kappa shape index (κ3) is 2.07. The van der Waals surface area contributed by atoms with Crippen LogP contribution in [0.25, 0.3) is 11.3 Å². The van der Waals surface area contributed by atoms with E-state index in [4.69, 9.17) is 15.2 Å². The lowest BCUT2D eigenvalue weighted by Gasteiger charge is -2.18. The van der Waals surface area contributed by atoms with Crippen molar-refractivity contribution in [2.75, 3.05) is 13.2 Å². The van der Waals surface area contributed by atoms with E-state index in [0.29, 0.717) is 13.2 Å². The molecule has 4 nitrogen and oxygen atoms in total. The van der Waals surface area contributed by atoms with Gasteiger partial charge < -0.3 is 15.2 Å². The average molecular weight is 262 g/mol. The molecule has 0 saturated carbocycles. The van der Waals surface area contributed by atoms with Gasteiger partial charge in [-0.15, -0.1) is 11.3 Å². The molecular weight excluding hydrogens is 248 g/mol. The Bertz CT molecular complexity index is 566. The predicted octanol–water partition coefficient (Wildman–Crippen LogP) is 2.60. The molecule has 1 aromatic carbocycles. The maximum absolute atomic E-state index is 5.82. The molecule has 0 spiro atoms. The van der Waals surface area contributed by atoms with E-state index < -0.39 is 0 Å². The van der Waals surface area contributed by atoms with E-state index in [9.17, 15) is 0 Å². The van der Waals surface area contributed by atoms with Gasteiger partial charge in [0.15, 0.2) is 11.5 Å². The van der Waals surface area contributed by atoms with Crippen LogP contribution < -0.4 is 15.2 Å². The van der Waals surface area contributed by atoms with Crippen molar-refractivity contribution in [3.05, 3.63) is 28.6 Å². The molecule has 0 aliphatic carbocycles. The number of fused-ring (bicyclic) bond motifs is 1. The summed E-state index contributed by atoms with van der Waals surface area (Å²) in [5.41, 5.74) is 7.78. The Morgan fingerprint density at radius 3 is 2.78 bits per heavy atom. The zero-order valence-corrected chi connectivity index (χ0v) is 10.9. The van der Waals surface area contributed by atoms with Gasteiger partial charge in [-0.1, -0.05) is 0 Å². The van der Waals surface area contributed by atoms with Crippen molar-refractivity contribution in [1.82, 2.24) is 4.98 Å². The fourth-order valence-electron chi connectivity index (χ4n) is 1.83. The van der Waals surface area contributed by atoms with Crippen LogP contribution >= 0.6 is 11.3 Å². The smallest absolute Gasteiger partial charge is 0.162 e. The van der Waals surface area contributed by atoms with Crippen molar-refractivity contribution in [3.63, 3.8) is 0 Å². The Labute approximate surface area is 109 Å². The van der Waals surface area contributed by atoms with Crippen molar-refractivity contribution < 1.29 is 9.47 Å². The number of ether oxygens (including phenoxy) is 2. The van der Waals surface area contributed by atoms with E-state index >= 15 is 0 Å². The summed E-state index contributed by atoms with van der Waals surface area (Å²) in [7, 11) is 0. The number of rotatable bonds is 2. The highest BCUT2D eigenvalue weighted by Crippen LogP contribution is 2.35. The molecule has 1 aliphatic rings. The first-order chi connectivity index (χ1) is 8.74. The molecule has 1 aromatic heterocycles. The molecule has 5 heteroatoms. The molecule has 0 saturated heterocycles. The molecule has 1 aliphatic heterocycles. The average Bonchev–Trinajstić information content (AvgIpc) is 2.88. The summed E-state index contributed by atoms with van der Waals surface area (Å²) >= 11 is 1.58. The molecule has 0 bridgehead atoms. The van der Waals surface area contributed by atoms with Crippen LogP contribution in [0.5, 0.6) is 11.5 Å². The highest BCUT2D eigenvalue weighted by molar-refractivity contribution is 7.10. The minimum atomic E-state index is -0.0269. The number of hydrogen-bond donors (Lipinski definition) is 1. The van der Waals surface area contributed by atoms with E-state index in [1.54, 1.807) is 11.3 Å². The first-order valence-electron chi connectivity index (χ1n) is 5.85. The second-order valence-electron chi connectivity index (χ2n) is 4.22. The second-order valence-corrected chi connectivity index (χ2v) is 5.11. The van der Waals surface area contributed by atoms with Crippen molar-refractivity contribution >= 4 is 11.3 Å². The zero-order chi connectivity index (χ0) is 12.5. The van der Waals surface area contributed by atoms with Crippen LogP contribution in [0.15, 0.2) is 23.6 Å². The molecule has 94 valence electrons. The minimum Gasteiger partial charge on any atom is -0.486 e. The van der Waals surface area contributed by atoms with Crippen LogP contribution in [0, 0.1) is 0 Å². The molecule has 2 heterocycles. The standard InChI is InChI=1S/C13H14N2O2S/c1-8(14)13-15-10(7-18-13)9-2-3-11-12(6-9)17-5-4-16-11/h2-3,6-8H,4-5,14H2,1H3. The normalized spacial score (nSPS) is 15.4. The summed E-state index contributed by atoms with van der Waals surface area (Å²) in [5.74, 6) is 1.58. The fourth-order valence-corrected chi connectivity index (χ4v) is 2.62. The number of hydrogen-bond acceptors (Lipinski definition) is 5. The lowest BCUT2D eigenvalue weighted by atomic mass is 10.1. The number of nitrogens with two attached hydrogens (primary N) is 1. The van der Waals surface area contributed by atoms with Crippen LogP contribution in [-0.2, 0) is 0 Å². The van der Waals surface area contributed by atoms with Crippen molar-refractivity contribution in [2.24, 2.45) is 5.73 Å². The van der Waals surface area contributed by atoms with Crippen LogP contribution in [-0.4, -0.2) is 18.2 Å². The van der Waals surface area contributed by atoms with Gasteiger partial charge in [-0.05, 0) is 25.1 Å². The number of nitrogens with zero attached hydrogens (tertiary/aromatic N) is 1. The maximum Gasteiger partial charge on any atom is 0.162 e. The van der Waals surface area contributed by atoms with Gasteiger partial charge in [0.1, 0.15) is 18.2 Å². The maximum atomic E-state index is 5.82. The summed E-state index contributed by atoms with van der Waals surface area (Å²) in [6.45, 7) is 3.14. The molecule has 1 atom stereocenters. The highest BCUT2D eigenvalue weighted by atomic mass is 32.1. The van der Waals surface area contributed by atoms with Gasteiger partial charge in [-0.25, -0.2) is 4.98 Å². The number of thiazole rings is 1. The third-order valence-electron chi connectivity index (χ3n) is 2.75. The minimum absolute atomic E-state index is 0.0269. The van der Waals surface area contributed by atoms with Crippen LogP contribution in [0.1, 0.15) is 18.0 Å². The molecule has 0 fully saturated rings. The van der Waals surface area contributed by atoms with Crippen molar-refractivity contribution in [3.8, 4) is 22.8 Å². The molecule has 2 aromatic rings.